The van der Waals surface area contributed by atoms with Crippen LogP contribution in [-0.4, -0.2) is 48.4 Å². The van der Waals surface area contributed by atoms with Gasteiger partial charge in [-0.25, -0.2) is 0 Å². The summed E-state index contributed by atoms with van der Waals surface area (Å²) in [5.41, 5.74) is 8.59. The van der Waals surface area contributed by atoms with Gasteiger partial charge in [-0.3, -0.25) is 9.59 Å². The first-order chi connectivity index (χ1) is 19.6. The first-order valence-corrected chi connectivity index (χ1v) is 14.3. The predicted octanol–water partition coefficient (Wildman–Crippen LogP) is 5.05. The van der Waals surface area contributed by atoms with E-state index in [1.54, 1.807) is 0 Å². The molecular weight excluding hydrogens is 496 g/mol. The van der Waals surface area contributed by atoms with Crippen molar-refractivity contribution in [3.8, 4) is 0 Å². The molecular formula is C34H38N4O2. The van der Waals surface area contributed by atoms with E-state index in [9.17, 15) is 9.59 Å². The molecule has 1 aliphatic heterocycles. The lowest BCUT2D eigenvalue weighted by Crippen LogP contribution is -2.49. The second-order valence-corrected chi connectivity index (χ2v) is 10.5. The Kier molecular flexibility index (Phi) is 9.22. The maximum absolute atomic E-state index is 14.1. The molecule has 2 unspecified atom stereocenters. The van der Waals surface area contributed by atoms with Crippen LogP contribution in [0.2, 0.25) is 0 Å². The number of carbonyl (C=O) groups excluding carboxylic acids is 2. The Bertz CT molecular complexity index is 1370. The summed E-state index contributed by atoms with van der Waals surface area (Å²) in [5.74, 6) is -0.0100. The molecule has 0 spiro atoms. The summed E-state index contributed by atoms with van der Waals surface area (Å²) in [6.45, 7) is 1.64. The maximum Gasteiger partial charge on any atom is 0.251 e. The molecule has 0 radical (unpaired) electrons. The molecule has 206 valence electrons. The Morgan fingerprint density at radius 3 is 2.20 bits per heavy atom. The van der Waals surface area contributed by atoms with Gasteiger partial charge in [-0.15, -0.1) is 0 Å². The number of fused-ring (bicyclic) bond motifs is 1. The summed E-state index contributed by atoms with van der Waals surface area (Å²) in [5, 5.41) is 8.87. The van der Waals surface area contributed by atoms with E-state index in [0.717, 1.165) is 41.2 Å². The van der Waals surface area contributed by atoms with Crippen molar-refractivity contribution in [1.82, 2.24) is 15.5 Å². The normalized spacial score (nSPS) is 17.6. The van der Waals surface area contributed by atoms with Crippen molar-refractivity contribution in [2.24, 2.45) is 5.73 Å². The van der Waals surface area contributed by atoms with Gasteiger partial charge in [0.25, 0.3) is 5.91 Å². The zero-order chi connectivity index (χ0) is 27.7. The smallest absolute Gasteiger partial charge is 0.251 e. The second kappa shape index (κ2) is 13.4. The fourth-order valence-corrected chi connectivity index (χ4v) is 5.63. The molecule has 1 heterocycles. The largest absolute Gasteiger partial charge is 0.350 e. The van der Waals surface area contributed by atoms with Crippen molar-refractivity contribution in [3.05, 3.63) is 120 Å². The van der Waals surface area contributed by atoms with Crippen molar-refractivity contribution in [1.29, 1.82) is 0 Å². The topological polar surface area (TPSA) is 87.5 Å². The van der Waals surface area contributed by atoms with Gasteiger partial charge in [0.05, 0.1) is 12.1 Å². The van der Waals surface area contributed by atoms with Crippen molar-refractivity contribution in [2.75, 3.05) is 19.6 Å². The molecule has 1 saturated heterocycles. The standard InChI is InChI=1S/C34H38N4O2/c35-21-10-9-17-31-34(40)38(32(26-12-3-1-4-13-26)27-14-5-2-6-15-27)22-20-30(37-31)24-36-33(39)29-19-18-25-11-7-8-16-28(25)23-29/h1-8,11-16,18-19,23,30-32,37H,9-10,17,20-22,24,35H2,(H,36,39). The first-order valence-electron chi connectivity index (χ1n) is 14.3. The van der Waals surface area contributed by atoms with E-state index in [-0.39, 0.29) is 29.9 Å². The van der Waals surface area contributed by atoms with Crippen LogP contribution < -0.4 is 16.4 Å². The molecule has 5 rings (SSSR count). The van der Waals surface area contributed by atoms with E-state index in [4.69, 9.17) is 5.73 Å². The average molecular weight is 535 g/mol. The molecule has 6 heteroatoms. The van der Waals surface area contributed by atoms with Crippen LogP contribution in [-0.2, 0) is 4.79 Å². The molecule has 40 heavy (non-hydrogen) atoms. The molecule has 4 aromatic rings. The number of unbranched alkanes of at least 4 members (excludes halogenated alkanes) is 1. The molecule has 6 nitrogen and oxygen atoms in total. The number of hydrogen-bond acceptors (Lipinski definition) is 4. The summed E-state index contributed by atoms with van der Waals surface area (Å²) in [6.07, 6.45) is 3.17. The second-order valence-electron chi connectivity index (χ2n) is 10.5. The third-order valence-electron chi connectivity index (χ3n) is 7.75. The predicted molar refractivity (Wildman–Crippen MR) is 161 cm³/mol. The Balaban J connectivity index is 1.35. The third-order valence-corrected chi connectivity index (χ3v) is 7.75. The highest BCUT2D eigenvalue weighted by molar-refractivity contribution is 5.98. The van der Waals surface area contributed by atoms with Crippen molar-refractivity contribution < 1.29 is 9.59 Å². The SMILES string of the molecule is NCCCCC1NC(CNC(=O)c2ccc3ccccc3c2)CCN(C(c2ccccc2)c2ccccc2)C1=O. The van der Waals surface area contributed by atoms with Gasteiger partial charge < -0.3 is 21.3 Å². The molecule has 1 fully saturated rings. The van der Waals surface area contributed by atoms with Crippen LogP contribution in [0.5, 0.6) is 0 Å². The van der Waals surface area contributed by atoms with E-state index in [1.807, 2.05) is 83.8 Å². The average Bonchev–Trinajstić information content (AvgIpc) is 3.15. The van der Waals surface area contributed by atoms with Gasteiger partial charge >= 0.3 is 0 Å². The van der Waals surface area contributed by atoms with Crippen LogP contribution in [0.3, 0.4) is 0 Å². The lowest BCUT2D eigenvalue weighted by atomic mass is 9.96. The van der Waals surface area contributed by atoms with Gasteiger partial charge in [-0.05, 0) is 59.8 Å². The van der Waals surface area contributed by atoms with E-state index in [1.165, 1.54) is 0 Å². The molecule has 2 amide bonds. The van der Waals surface area contributed by atoms with Crippen molar-refractivity contribution in [2.45, 2.75) is 43.8 Å². The summed E-state index contributed by atoms with van der Waals surface area (Å²) >= 11 is 0. The summed E-state index contributed by atoms with van der Waals surface area (Å²) in [6, 6.07) is 33.7. The van der Waals surface area contributed by atoms with Gasteiger partial charge in [-0.2, -0.15) is 0 Å². The number of amides is 2. The van der Waals surface area contributed by atoms with Gasteiger partial charge in [0.15, 0.2) is 0 Å². The van der Waals surface area contributed by atoms with Gasteiger partial charge in [-0.1, -0.05) is 97.4 Å². The lowest BCUT2D eigenvalue weighted by Gasteiger charge is -2.33. The Morgan fingerprint density at radius 1 is 0.875 bits per heavy atom. The highest BCUT2D eigenvalue weighted by Gasteiger charge is 2.35. The van der Waals surface area contributed by atoms with Gasteiger partial charge in [0.1, 0.15) is 0 Å². The molecule has 2 atom stereocenters. The van der Waals surface area contributed by atoms with E-state index >= 15 is 0 Å². The van der Waals surface area contributed by atoms with Crippen LogP contribution in [0.25, 0.3) is 10.8 Å². The molecule has 0 aliphatic carbocycles. The molecule has 0 saturated carbocycles. The number of benzene rings is 4. The van der Waals surface area contributed by atoms with E-state index < -0.39 is 0 Å². The minimum Gasteiger partial charge on any atom is -0.350 e. The van der Waals surface area contributed by atoms with Crippen LogP contribution in [0.15, 0.2) is 103 Å². The maximum atomic E-state index is 14.1. The van der Waals surface area contributed by atoms with E-state index in [2.05, 4.69) is 34.9 Å². The highest BCUT2D eigenvalue weighted by Crippen LogP contribution is 2.31. The quantitative estimate of drug-likeness (QED) is 0.249. The van der Waals surface area contributed by atoms with Crippen molar-refractivity contribution >= 4 is 22.6 Å². The number of nitrogens with zero attached hydrogens (tertiary/aromatic N) is 1. The molecule has 4 aromatic carbocycles. The van der Waals surface area contributed by atoms with Crippen LogP contribution >= 0.6 is 0 Å². The molecule has 0 aromatic heterocycles. The van der Waals surface area contributed by atoms with Crippen LogP contribution in [0.4, 0.5) is 0 Å². The Labute approximate surface area is 236 Å². The minimum atomic E-state index is -0.341. The summed E-state index contributed by atoms with van der Waals surface area (Å²) in [7, 11) is 0. The van der Waals surface area contributed by atoms with Gasteiger partial charge in [0, 0.05) is 24.7 Å². The fraction of sp³-hybridized carbons (Fsp3) is 0.294. The number of hydrogen-bond donors (Lipinski definition) is 3. The zero-order valence-corrected chi connectivity index (χ0v) is 22.8. The zero-order valence-electron chi connectivity index (χ0n) is 22.8. The lowest BCUT2D eigenvalue weighted by molar-refractivity contribution is -0.134. The molecule has 1 aliphatic rings. The van der Waals surface area contributed by atoms with Crippen LogP contribution in [0, 0.1) is 0 Å². The summed E-state index contributed by atoms with van der Waals surface area (Å²) < 4.78 is 0. The fourth-order valence-electron chi connectivity index (χ4n) is 5.63. The first kappa shape index (κ1) is 27.6. The number of rotatable bonds is 10. The number of nitrogens with one attached hydrogen (secondary N) is 2. The van der Waals surface area contributed by atoms with Gasteiger partial charge in [0.2, 0.25) is 5.91 Å². The molecule has 0 bridgehead atoms. The Hall–Kier alpha value is -4.00. The van der Waals surface area contributed by atoms with Crippen LogP contribution in [0.1, 0.15) is 53.2 Å². The number of carbonyl (C=O) groups is 2. The molecule has 4 N–H and O–H groups in total. The Morgan fingerprint density at radius 2 is 1.52 bits per heavy atom. The van der Waals surface area contributed by atoms with E-state index in [0.29, 0.717) is 31.6 Å². The van der Waals surface area contributed by atoms with Crippen molar-refractivity contribution in [3.63, 3.8) is 0 Å². The third kappa shape index (κ3) is 6.58. The highest BCUT2D eigenvalue weighted by atomic mass is 16.2. The monoisotopic (exact) mass is 534 g/mol. The minimum absolute atomic E-state index is 0.0339. The number of nitrogens with two attached hydrogens (primary N) is 1. The summed E-state index contributed by atoms with van der Waals surface area (Å²) in [4.78, 5) is 29.2.